The van der Waals surface area contributed by atoms with Gasteiger partial charge in [0.25, 0.3) is 0 Å². The molecule has 1 aromatic heterocycles. The number of nitrogens with one attached hydrogen (secondary N) is 1. The highest BCUT2D eigenvalue weighted by Gasteiger charge is 2.28. The highest BCUT2D eigenvalue weighted by atomic mass is 127. The Morgan fingerprint density at radius 3 is 2.48 bits per heavy atom. The number of halogens is 4. The number of anilines is 2. The van der Waals surface area contributed by atoms with Crippen LogP contribution >= 0.6 is 22.6 Å². The predicted octanol–water partition coefficient (Wildman–Crippen LogP) is 4.06. The Bertz CT molecular complexity index is 1150. The standard InChI is InChI=1S/C16H11F3IN3O3S/c1-7-16(27(21,24)25)15(23-26-7)9-3-4-10(17)13(19)14(9)22-12-5-2-8(20)6-11(12)18/h2-6,22H,1H3,(H2,21,24,25). The smallest absolute Gasteiger partial charge is 0.243 e. The normalized spacial score (nSPS) is 11.6. The van der Waals surface area contributed by atoms with Crippen LogP contribution in [0.2, 0.25) is 0 Å². The molecule has 27 heavy (non-hydrogen) atoms. The van der Waals surface area contributed by atoms with Crippen molar-refractivity contribution in [3.63, 3.8) is 0 Å². The number of sulfonamides is 1. The quantitative estimate of drug-likeness (QED) is 0.517. The summed E-state index contributed by atoms with van der Waals surface area (Å²) in [5.41, 5.74) is -1.12. The van der Waals surface area contributed by atoms with Crippen LogP contribution in [0.3, 0.4) is 0 Å². The Kier molecular flexibility index (Phi) is 5.18. The van der Waals surface area contributed by atoms with Crippen LogP contribution in [-0.4, -0.2) is 13.6 Å². The minimum absolute atomic E-state index is 0.122. The van der Waals surface area contributed by atoms with Gasteiger partial charge in [0.2, 0.25) is 10.0 Å². The SMILES string of the molecule is Cc1onc(-c2ccc(F)c(F)c2Nc2ccc(I)cc2F)c1S(N)(=O)=O. The van der Waals surface area contributed by atoms with E-state index in [9.17, 15) is 21.6 Å². The zero-order valence-corrected chi connectivity index (χ0v) is 16.5. The number of benzene rings is 2. The van der Waals surface area contributed by atoms with Crippen molar-refractivity contribution < 1.29 is 26.1 Å². The van der Waals surface area contributed by atoms with Crippen LogP contribution in [0.15, 0.2) is 39.8 Å². The van der Waals surface area contributed by atoms with Gasteiger partial charge >= 0.3 is 0 Å². The van der Waals surface area contributed by atoms with Crippen molar-refractivity contribution in [2.24, 2.45) is 5.14 Å². The molecular weight excluding hydrogens is 498 g/mol. The highest BCUT2D eigenvalue weighted by Crippen LogP contribution is 2.37. The fourth-order valence-corrected chi connectivity index (χ4v) is 3.77. The highest BCUT2D eigenvalue weighted by molar-refractivity contribution is 14.1. The molecule has 142 valence electrons. The van der Waals surface area contributed by atoms with E-state index in [4.69, 9.17) is 9.66 Å². The van der Waals surface area contributed by atoms with Crippen molar-refractivity contribution in [2.75, 3.05) is 5.32 Å². The van der Waals surface area contributed by atoms with Crippen LogP contribution < -0.4 is 10.5 Å². The number of aromatic nitrogens is 1. The summed E-state index contributed by atoms with van der Waals surface area (Å²) in [6.07, 6.45) is 0. The third-order valence-corrected chi connectivity index (χ3v) is 5.35. The molecule has 0 amide bonds. The number of nitrogens with two attached hydrogens (primary N) is 1. The second kappa shape index (κ2) is 7.13. The maximum atomic E-state index is 14.5. The van der Waals surface area contributed by atoms with E-state index < -0.39 is 38.1 Å². The topological polar surface area (TPSA) is 98.2 Å². The van der Waals surface area contributed by atoms with Crippen molar-refractivity contribution in [1.29, 1.82) is 0 Å². The molecule has 3 rings (SSSR count). The van der Waals surface area contributed by atoms with Gasteiger partial charge in [-0.3, -0.25) is 0 Å². The first-order chi connectivity index (χ1) is 12.6. The van der Waals surface area contributed by atoms with Crippen LogP contribution in [0.1, 0.15) is 5.76 Å². The van der Waals surface area contributed by atoms with Gasteiger partial charge in [-0.15, -0.1) is 0 Å². The molecule has 0 fully saturated rings. The van der Waals surface area contributed by atoms with Crippen LogP contribution in [-0.2, 0) is 10.0 Å². The molecule has 0 atom stereocenters. The lowest BCUT2D eigenvalue weighted by atomic mass is 10.1. The summed E-state index contributed by atoms with van der Waals surface area (Å²) in [4.78, 5) is -0.473. The molecule has 0 radical (unpaired) electrons. The Morgan fingerprint density at radius 1 is 1.15 bits per heavy atom. The van der Waals surface area contributed by atoms with Gasteiger partial charge in [0.05, 0.1) is 11.4 Å². The van der Waals surface area contributed by atoms with E-state index in [0.29, 0.717) is 3.57 Å². The van der Waals surface area contributed by atoms with E-state index in [0.717, 1.165) is 12.1 Å². The van der Waals surface area contributed by atoms with E-state index in [2.05, 4.69) is 10.5 Å². The van der Waals surface area contributed by atoms with E-state index >= 15 is 0 Å². The lowest BCUT2D eigenvalue weighted by molar-refractivity contribution is 0.396. The van der Waals surface area contributed by atoms with Gasteiger partial charge in [-0.1, -0.05) is 5.16 Å². The van der Waals surface area contributed by atoms with Crippen LogP contribution in [0.5, 0.6) is 0 Å². The largest absolute Gasteiger partial charge is 0.360 e. The zero-order valence-electron chi connectivity index (χ0n) is 13.6. The summed E-state index contributed by atoms with van der Waals surface area (Å²) < 4.78 is 71.6. The molecule has 0 aliphatic heterocycles. The molecule has 1 heterocycles. The minimum Gasteiger partial charge on any atom is -0.360 e. The molecule has 6 nitrogen and oxygen atoms in total. The fraction of sp³-hybridized carbons (Fsp3) is 0.0625. The number of nitrogens with zero attached hydrogens (tertiary/aromatic N) is 1. The molecule has 0 aliphatic carbocycles. The van der Waals surface area contributed by atoms with Gasteiger partial charge in [0.1, 0.15) is 11.5 Å². The van der Waals surface area contributed by atoms with Gasteiger partial charge in [-0.25, -0.2) is 26.7 Å². The summed E-state index contributed by atoms with van der Waals surface area (Å²) in [7, 11) is -4.27. The minimum atomic E-state index is -4.27. The third-order valence-electron chi connectivity index (χ3n) is 3.63. The molecule has 0 bridgehead atoms. The zero-order chi connectivity index (χ0) is 19.9. The molecule has 0 unspecified atom stereocenters. The van der Waals surface area contributed by atoms with Gasteiger partial charge in [-0.05, 0) is 59.8 Å². The second-order valence-corrected chi connectivity index (χ2v) is 8.24. The summed E-state index contributed by atoms with van der Waals surface area (Å²) in [6.45, 7) is 1.31. The summed E-state index contributed by atoms with van der Waals surface area (Å²) in [5, 5.41) is 11.2. The van der Waals surface area contributed by atoms with Crippen LogP contribution in [0.4, 0.5) is 24.5 Å². The van der Waals surface area contributed by atoms with E-state index in [1.807, 2.05) is 22.6 Å². The Morgan fingerprint density at radius 2 is 1.85 bits per heavy atom. The first kappa shape index (κ1) is 19.6. The van der Waals surface area contributed by atoms with Crippen LogP contribution in [0, 0.1) is 27.9 Å². The second-order valence-electron chi connectivity index (χ2n) is 5.49. The monoisotopic (exact) mass is 509 g/mol. The number of hydrogen-bond acceptors (Lipinski definition) is 5. The lowest BCUT2D eigenvalue weighted by Gasteiger charge is -2.14. The average Bonchev–Trinajstić information content (AvgIpc) is 2.96. The maximum Gasteiger partial charge on any atom is 0.243 e. The first-order valence-corrected chi connectivity index (χ1v) is 9.91. The third kappa shape index (κ3) is 3.80. The van der Waals surface area contributed by atoms with Crippen molar-refractivity contribution in [3.8, 4) is 11.3 Å². The Balaban J connectivity index is 2.24. The maximum absolute atomic E-state index is 14.5. The molecule has 3 N–H and O–H groups in total. The molecule has 11 heteroatoms. The number of rotatable bonds is 4. The molecule has 0 saturated carbocycles. The molecule has 3 aromatic rings. The summed E-state index contributed by atoms with van der Waals surface area (Å²) >= 11 is 1.89. The van der Waals surface area contributed by atoms with Crippen molar-refractivity contribution in [3.05, 3.63) is 57.1 Å². The van der Waals surface area contributed by atoms with Crippen molar-refractivity contribution in [2.45, 2.75) is 11.8 Å². The fourth-order valence-electron chi connectivity index (χ4n) is 2.47. The van der Waals surface area contributed by atoms with E-state index in [1.54, 1.807) is 6.07 Å². The number of primary sulfonamides is 1. The number of hydrogen-bond donors (Lipinski definition) is 2. The van der Waals surface area contributed by atoms with Gasteiger partial charge in [0, 0.05) is 9.13 Å². The molecule has 0 aliphatic rings. The molecular formula is C16H11F3IN3O3S. The Hall–Kier alpha value is -2.12. The van der Waals surface area contributed by atoms with Crippen LogP contribution in [0.25, 0.3) is 11.3 Å². The predicted molar refractivity (Wildman–Crippen MR) is 100 cm³/mol. The summed E-state index contributed by atoms with van der Waals surface area (Å²) in [6, 6.07) is 5.96. The number of aryl methyl sites for hydroxylation is 1. The first-order valence-electron chi connectivity index (χ1n) is 7.29. The van der Waals surface area contributed by atoms with Crippen molar-refractivity contribution >= 4 is 44.0 Å². The van der Waals surface area contributed by atoms with Gasteiger partial charge in [-0.2, -0.15) is 0 Å². The summed E-state index contributed by atoms with van der Waals surface area (Å²) in [5.74, 6) is -3.39. The lowest BCUT2D eigenvalue weighted by Crippen LogP contribution is -2.14. The molecule has 2 aromatic carbocycles. The molecule has 0 spiro atoms. The van der Waals surface area contributed by atoms with Gasteiger partial charge < -0.3 is 9.84 Å². The Labute approximate surface area is 165 Å². The van der Waals surface area contributed by atoms with E-state index in [1.165, 1.54) is 19.1 Å². The van der Waals surface area contributed by atoms with E-state index in [-0.39, 0.29) is 22.7 Å². The molecule has 0 saturated heterocycles. The van der Waals surface area contributed by atoms with Gasteiger partial charge in [0.15, 0.2) is 22.3 Å². The average molecular weight is 509 g/mol. The van der Waals surface area contributed by atoms with Crippen molar-refractivity contribution in [1.82, 2.24) is 5.16 Å².